The minimum absolute atomic E-state index is 0.0334. The Kier molecular flexibility index (Phi) is 3.08. The van der Waals surface area contributed by atoms with E-state index in [1.165, 1.54) is 4.92 Å². The average molecular weight is 171 g/mol. The minimum Gasteiger partial charge on any atom is -0.437 e. The second-order valence-electron chi connectivity index (χ2n) is 3.11. The van der Waals surface area contributed by atoms with Crippen molar-refractivity contribution in [3.63, 3.8) is 0 Å². The molecule has 0 aliphatic carbocycles. The van der Waals surface area contributed by atoms with Gasteiger partial charge in [-0.15, -0.1) is 0 Å². The molecule has 1 aliphatic heterocycles. The van der Waals surface area contributed by atoms with Crippen LogP contribution in [-0.4, -0.2) is 36.0 Å². The Balaban J connectivity index is 2.35. The number of carbonyl (C=O) groups is 1. The number of nitrogens with two attached hydrogens (primary N) is 1. The van der Waals surface area contributed by atoms with E-state index in [2.05, 4.69) is 5.32 Å². The van der Waals surface area contributed by atoms with Crippen LogP contribution in [0.25, 0.3) is 0 Å². The molecular weight excluding hydrogens is 157 g/mol. The van der Waals surface area contributed by atoms with Crippen molar-refractivity contribution in [2.75, 3.05) is 13.1 Å². The van der Waals surface area contributed by atoms with E-state index in [4.69, 9.17) is 10.9 Å². The molecule has 68 valence electrons. The molecule has 4 N–H and O–H groups in total. The first-order valence-corrected chi connectivity index (χ1v) is 4.08. The molecule has 5 nitrogen and oxygen atoms in total. The molecule has 1 aliphatic rings. The zero-order valence-corrected chi connectivity index (χ0v) is 7.16. The van der Waals surface area contributed by atoms with Gasteiger partial charge in [0.2, 0.25) is 5.91 Å². The lowest BCUT2D eigenvalue weighted by Gasteiger charge is -2.19. The number of hydrogen-bond donors (Lipinski definition) is 3. The molecule has 1 heterocycles. The first-order chi connectivity index (χ1) is 5.61. The second-order valence-corrected chi connectivity index (χ2v) is 3.11. The van der Waals surface area contributed by atoms with Crippen LogP contribution in [0, 0.1) is 5.92 Å². The van der Waals surface area contributed by atoms with Crippen molar-refractivity contribution in [2.24, 2.45) is 11.8 Å². The molecule has 1 saturated heterocycles. The molecular formula is C6H14BN3O2. The summed E-state index contributed by atoms with van der Waals surface area (Å²) in [4.78, 5) is 12.3. The lowest BCUT2D eigenvalue weighted by atomic mass is 9.86. The Bertz CT molecular complexity index is 176. The fraction of sp³-hybridized carbons (Fsp3) is 0.833. The average Bonchev–Trinajstić information content (AvgIpc) is 2.36. The normalized spacial score (nSPS) is 23.0. The molecule has 0 aromatic heterocycles. The van der Waals surface area contributed by atoms with Crippen molar-refractivity contribution >= 4 is 13.0 Å². The maximum atomic E-state index is 11.1. The Morgan fingerprint density at radius 3 is 3.00 bits per heavy atom. The van der Waals surface area contributed by atoms with Gasteiger partial charge in [-0.1, -0.05) is 0 Å². The lowest BCUT2D eigenvalue weighted by molar-refractivity contribution is -0.122. The monoisotopic (exact) mass is 171 g/mol. The van der Waals surface area contributed by atoms with E-state index in [1.807, 2.05) is 0 Å². The third-order valence-corrected chi connectivity index (χ3v) is 2.07. The smallest absolute Gasteiger partial charge is 0.390 e. The molecule has 1 fully saturated rings. The van der Waals surface area contributed by atoms with Gasteiger partial charge in [0, 0.05) is 13.1 Å². The topological polar surface area (TPSA) is 78.6 Å². The molecule has 0 aromatic carbocycles. The SMILES string of the molecule is CB(O)N(N)C[C@@H]1CCNC1=O. The van der Waals surface area contributed by atoms with E-state index < -0.39 is 7.05 Å². The highest BCUT2D eigenvalue weighted by atomic mass is 16.2. The molecule has 0 unspecified atom stereocenters. The number of carbonyl (C=O) groups excluding carboxylic acids is 1. The lowest BCUT2D eigenvalue weighted by Crippen LogP contribution is -2.46. The van der Waals surface area contributed by atoms with E-state index in [9.17, 15) is 4.79 Å². The van der Waals surface area contributed by atoms with E-state index in [1.54, 1.807) is 6.82 Å². The van der Waals surface area contributed by atoms with Crippen molar-refractivity contribution in [1.29, 1.82) is 0 Å². The number of amides is 1. The molecule has 1 atom stereocenters. The third-order valence-electron chi connectivity index (χ3n) is 2.07. The standard InChI is InChI=1S/C6H14BN3O2/c1-7(12)10(8)4-5-2-3-9-6(5)11/h5,12H,2-4,8H2,1H3,(H,9,11)/t5-/m0/s1. The van der Waals surface area contributed by atoms with Gasteiger partial charge < -0.3 is 10.3 Å². The highest BCUT2D eigenvalue weighted by Gasteiger charge is 2.27. The van der Waals surface area contributed by atoms with Crippen LogP contribution >= 0.6 is 0 Å². The first kappa shape index (κ1) is 9.50. The maximum Gasteiger partial charge on any atom is 0.390 e. The number of hydrogen-bond acceptors (Lipinski definition) is 4. The van der Waals surface area contributed by atoms with Gasteiger partial charge in [-0.05, 0) is 13.2 Å². The van der Waals surface area contributed by atoms with Crippen LogP contribution in [0.3, 0.4) is 0 Å². The summed E-state index contributed by atoms with van der Waals surface area (Å²) in [6, 6.07) is 0. The fourth-order valence-corrected chi connectivity index (χ4v) is 1.23. The van der Waals surface area contributed by atoms with Gasteiger partial charge >= 0.3 is 7.05 Å². The maximum absolute atomic E-state index is 11.1. The van der Waals surface area contributed by atoms with Gasteiger partial charge in [-0.2, -0.15) is 0 Å². The zero-order valence-electron chi connectivity index (χ0n) is 7.16. The molecule has 0 bridgehead atoms. The van der Waals surface area contributed by atoms with Crippen molar-refractivity contribution in [3.05, 3.63) is 0 Å². The molecule has 6 heteroatoms. The number of nitrogens with zero attached hydrogens (tertiary/aromatic N) is 1. The van der Waals surface area contributed by atoms with Gasteiger partial charge in [0.25, 0.3) is 0 Å². The van der Waals surface area contributed by atoms with E-state index >= 15 is 0 Å². The predicted molar refractivity (Wildman–Crippen MR) is 45.8 cm³/mol. The fourth-order valence-electron chi connectivity index (χ4n) is 1.23. The Labute approximate surface area is 72.0 Å². The summed E-state index contributed by atoms with van der Waals surface area (Å²) in [7, 11) is -0.696. The van der Waals surface area contributed by atoms with Crippen molar-refractivity contribution in [3.8, 4) is 0 Å². The van der Waals surface area contributed by atoms with Gasteiger partial charge in [0.05, 0.1) is 5.92 Å². The largest absolute Gasteiger partial charge is 0.437 e. The third kappa shape index (κ3) is 2.20. The molecule has 0 saturated carbocycles. The molecule has 1 amide bonds. The van der Waals surface area contributed by atoms with Crippen LogP contribution in [0.2, 0.25) is 6.82 Å². The van der Waals surface area contributed by atoms with Crippen LogP contribution < -0.4 is 11.2 Å². The van der Waals surface area contributed by atoms with Crippen molar-refractivity contribution in [2.45, 2.75) is 13.2 Å². The second kappa shape index (κ2) is 3.89. The van der Waals surface area contributed by atoms with Gasteiger partial charge in [-0.3, -0.25) is 15.6 Å². The van der Waals surface area contributed by atoms with Crippen LogP contribution in [0.1, 0.15) is 6.42 Å². The molecule has 0 spiro atoms. The van der Waals surface area contributed by atoms with E-state index in [0.29, 0.717) is 6.54 Å². The molecule has 12 heavy (non-hydrogen) atoms. The Hall–Kier alpha value is -0.585. The van der Waals surface area contributed by atoms with Gasteiger partial charge in [0.1, 0.15) is 0 Å². The van der Waals surface area contributed by atoms with Gasteiger partial charge in [0.15, 0.2) is 0 Å². The predicted octanol–water partition coefficient (Wildman–Crippen LogP) is -1.59. The first-order valence-electron chi connectivity index (χ1n) is 4.08. The zero-order chi connectivity index (χ0) is 9.14. The van der Waals surface area contributed by atoms with Gasteiger partial charge in [-0.25, -0.2) is 0 Å². The van der Waals surface area contributed by atoms with E-state index in [0.717, 1.165) is 13.0 Å². The molecule has 0 aromatic rings. The van der Waals surface area contributed by atoms with Crippen molar-refractivity contribution < 1.29 is 9.82 Å². The summed E-state index contributed by atoms with van der Waals surface area (Å²) in [5.41, 5.74) is 0. The summed E-state index contributed by atoms with van der Waals surface area (Å²) < 4.78 is 0. The molecule has 0 radical (unpaired) electrons. The van der Waals surface area contributed by atoms with Crippen LogP contribution in [0.15, 0.2) is 0 Å². The summed E-state index contributed by atoms with van der Waals surface area (Å²) in [6.45, 7) is 2.72. The van der Waals surface area contributed by atoms with Crippen LogP contribution in [0.4, 0.5) is 0 Å². The Morgan fingerprint density at radius 2 is 2.58 bits per heavy atom. The minimum atomic E-state index is -0.696. The quantitative estimate of drug-likeness (QED) is 0.271. The Morgan fingerprint density at radius 1 is 1.92 bits per heavy atom. The summed E-state index contributed by atoms with van der Waals surface area (Å²) in [5, 5.41) is 11.7. The summed E-state index contributed by atoms with van der Waals surface area (Å²) >= 11 is 0. The van der Waals surface area contributed by atoms with Crippen LogP contribution in [0.5, 0.6) is 0 Å². The summed E-state index contributed by atoms with van der Waals surface area (Å²) in [6.07, 6.45) is 0.805. The number of nitrogens with one attached hydrogen (secondary N) is 1. The highest BCUT2D eigenvalue weighted by Crippen LogP contribution is 2.09. The molecule has 1 rings (SSSR count). The number of rotatable bonds is 3. The van der Waals surface area contributed by atoms with Crippen molar-refractivity contribution in [1.82, 2.24) is 10.2 Å². The van der Waals surface area contributed by atoms with Crippen LogP contribution in [-0.2, 0) is 4.79 Å². The highest BCUT2D eigenvalue weighted by molar-refractivity contribution is 6.45. The number of hydrazine groups is 1. The van der Waals surface area contributed by atoms with E-state index in [-0.39, 0.29) is 11.8 Å². The summed E-state index contributed by atoms with van der Waals surface area (Å²) in [5.74, 6) is 5.43.